The van der Waals surface area contributed by atoms with E-state index in [1.807, 2.05) is 54.2 Å². The summed E-state index contributed by atoms with van der Waals surface area (Å²) in [6, 6.07) is 15.5. The van der Waals surface area contributed by atoms with Crippen molar-refractivity contribution in [1.82, 2.24) is 4.98 Å². The Labute approximate surface area is 212 Å². The Morgan fingerprint density at radius 1 is 1.11 bits per heavy atom. The number of hydrogen-bond acceptors (Lipinski definition) is 5. The van der Waals surface area contributed by atoms with E-state index in [0.29, 0.717) is 27.5 Å². The molecule has 3 aliphatic rings. The third-order valence-electron chi connectivity index (χ3n) is 8.04. The molecule has 6 heteroatoms. The van der Waals surface area contributed by atoms with Crippen LogP contribution in [0.15, 0.2) is 68.3 Å². The van der Waals surface area contributed by atoms with Crippen LogP contribution in [0.5, 0.6) is 5.95 Å². The van der Waals surface area contributed by atoms with Gasteiger partial charge in [0, 0.05) is 32.6 Å². The first-order chi connectivity index (χ1) is 16.7. The Morgan fingerprint density at radius 2 is 1.94 bits per heavy atom. The van der Waals surface area contributed by atoms with Crippen molar-refractivity contribution in [3.05, 3.63) is 80.5 Å². The summed E-state index contributed by atoms with van der Waals surface area (Å²) in [4.78, 5) is 18.8. The summed E-state index contributed by atoms with van der Waals surface area (Å²) in [7, 11) is 0. The zero-order valence-corrected chi connectivity index (χ0v) is 21.3. The standard InChI is InChI=1S/C29H24ClNO3S/c1-28(2)19-10-11-29(3)20(13-16-12-15-8-9-17(30)14-21(15)31-26(16)35-29)23(19)24-25(32)18-6-4-5-7-22(18)33-27(24)34-28/h4-9,12-14,19,23H,10-11H2,1-3H3. The van der Waals surface area contributed by atoms with Crippen molar-refractivity contribution in [2.75, 3.05) is 0 Å². The van der Waals surface area contributed by atoms with Crippen LogP contribution in [0.2, 0.25) is 5.02 Å². The van der Waals surface area contributed by atoms with Gasteiger partial charge in [-0.2, -0.15) is 0 Å². The molecule has 2 aromatic heterocycles. The molecule has 2 aromatic carbocycles. The van der Waals surface area contributed by atoms with Crippen LogP contribution < -0.4 is 10.2 Å². The van der Waals surface area contributed by atoms with Crippen LogP contribution in [-0.2, 0) is 0 Å². The second kappa shape index (κ2) is 7.14. The first kappa shape index (κ1) is 21.5. The average molecular weight is 502 g/mol. The number of ether oxygens (including phenoxy) is 1. The van der Waals surface area contributed by atoms with E-state index in [9.17, 15) is 4.79 Å². The van der Waals surface area contributed by atoms with Crippen LogP contribution in [0.25, 0.3) is 27.9 Å². The minimum Gasteiger partial charge on any atom is -0.458 e. The lowest BCUT2D eigenvalue weighted by atomic mass is 9.61. The minimum atomic E-state index is -0.457. The molecule has 1 fully saturated rings. The van der Waals surface area contributed by atoms with Gasteiger partial charge in [-0.1, -0.05) is 47.6 Å². The zero-order valence-electron chi connectivity index (χ0n) is 19.7. The average Bonchev–Trinajstić information content (AvgIpc) is 2.80. The molecule has 4 heterocycles. The molecule has 0 N–H and O–H groups in total. The summed E-state index contributed by atoms with van der Waals surface area (Å²) in [5, 5.41) is 3.37. The molecule has 0 bridgehead atoms. The number of aromatic nitrogens is 1. The molecule has 4 aromatic rings. The highest BCUT2D eigenvalue weighted by atomic mass is 35.5. The summed E-state index contributed by atoms with van der Waals surface area (Å²) >= 11 is 8.05. The highest BCUT2D eigenvalue weighted by molar-refractivity contribution is 8.01. The topological polar surface area (TPSA) is 52.3 Å². The second-order valence-corrected chi connectivity index (χ2v) is 12.5. The molecule has 1 saturated carbocycles. The Hall–Kier alpha value is -2.76. The number of fused-ring (bicyclic) bond motifs is 8. The normalized spacial score (nSPS) is 26.2. The molecule has 176 valence electrons. The third kappa shape index (κ3) is 3.07. The fraction of sp³-hybridized carbons (Fsp3) is 0.310. The molecular weight excluding hydrogens is 478 g/mol. The molecule has 7 rings (SSSR count). The van der Waals surface area contributed by atoms with Crippen molar-refractivity contribution >= 4 is 51.3 Å². The number of pyridine rings is 1. The van der Waals surface area contributed by atoms with E-state index in [4.69, 9.17) is 25.7 Å². The van der Waals surface area contributed by atoms with Gasteiger partial charge in [-0.25, -0.2) is 4.98 Å². The lowest BCUT2D eigenvalue weighted by Gasteiger charge is -2.53. The molecule has 1 aliphatic carbocycles. The molecule has 0 spiro atoms. The van der Waals surface area contributed by atoms with Gasteiger partial charge in [0.2, 0.25) is 5.43 Å². The van der Waals surface area contributed by atoms with Crippen LogP contribution in [0.4, 0.5) is 0 Å². The Kier molecular flexibility index (Phi) is 4.39. The molecule has 3 atom stereocenters. The van der Waals surface area contributed by atoms with Crippen LogP contribution >= 0.6 is 23.4 Å². The summed E-state index contributed by atoms with van der Waals surface area (Å²) in [6.07, 6.45) is 4.23. The number of rotatable bonds is 0. The monoisotopic (exact) mass is 501 g/mol. The second-order valence-electron chi connectivity index (χ2n) is 10.6. The number of para-hydroxylation sites is 1. The van der Waals surface area contributed by atoms with Gasteiger partial charge in [-0.3, -0.25) is 4.79 Å². The molecule has 3 unspecified atom stereocenters. The largest absolute Gasteiger partial charge is 0.458 e. The summed E-state index contributed by atoms with van der Waals surface area (Å²) < 4.78 is 12.5. The molecule has 0 radical (unpaired) electrons. The summed E-state index contributed by atoms with van der Waals surface area (Å²) in [6.45, 7) is 6.53. The molecule has 0 saturated heterocycles. The fourth-order valence-corrected chi connectivity index (χ4v) is 7.74. The van der Waals surface area contributed by atoms with Crippen molar-refractivity contribution in [1.29, 1.82) is 0 Å². The molecular formula is C29H24ClNO3S. The first-order valence-electron chi connectivity index (χ1n) is 12.0. The van der Waals surface area contributed by atoms with Gasteiger partial charge in [0.1, 0.15) is 16.2 Å². The van der Waals surface area contributed by atoms with Crippen LogP contribution in [0, 0.1) is 5.92 Å². The Bertz CT molecular complexity index is 1660. The zero-order chi connectivity index (χ0) is 24.1. The number of thioether (sulfide) groups is 1. The van der Waals surface area contributed by atoms with Gasteiger partial charge in [0.25, 0.3) is 5.95 Å². The quantitative estimate of drug-likeness (QED) is 0.248. The maximum atomic E-state index is 13.9. The van der Waals surface area contributed by atoms with Crippen LogP contribution in [0.1, 0.15) is 50.7 Å². The first-order valence-corrected chi connectivity index (χ1v) is 13.2. The summed E-state index contributed by atoms with van der Waals surface area (Å²) in [5.74, 6) is 0.467. The molecule has 2 aliphatic heterocycles. The van der Waals surface area contributed by atoms with E-state index in [0.717, 1.165) is 34.3 Å². The number of nitrogens with zero attached hydrogens (tertiary/aromatic N) is 1. The highest BCUT2D eigenvalue weighted by Gasteiger charge is 2.55. The molecule has 0 amide bonds. The predicted octanol–water partition coefficient (Wildman–Crippen LogP) is 7.61. The van der Waals surface area contributed by atoms with Gasteiger partial charge in [0.15, 0.2) is 0 Å². The van der Waals surface area contributed by atoms with E-state index >= 15 is 0 Å². The van der Waals surface area contributed by atoms with Gasteiger partial charge in [0.05, 0.1) is 16.5 Å². The van der Waals surface area contributed by atoms with Crippen molar-refractivity contribution in [2.45, 2.75) is 54.9 Å². The smallest absolute Gasteiger partial charge is 0.293 e. The van der Waals surface area contributed by atoms with Crippen LogP contribution in [-0.4, -0.2) is 15.3 Å². The maximum absolute atomic E-state index is 13.9. The van der Waals surface area contributed by atoms with Crippen molar-refractivity contribution in [3.8, 4) is 5.95 Å². The van der Waals surface area contributed by atoms with Gasteiger partial charge in [-0.15, -0.1) is 0 Å². The Morgan fingerprint density at radius 3 is 2.80 bits per heavy atom. The SMILES string of the molecule is CC12CCC3C(C1=Cc1cc4ccc(Cl)cc4nc1S2)c1c(oc2ccccc2c1=O)OC3(C)C. The number of benzene rings is 2. The van der Waals surface area contributed by atoms with E-state index in [1.54, 1.807) is 0 Å². The maximum Gasteiger partial charge on any atom is 0.293 e. The number of halogens is 1. The fourth-order valence-electron chi connectivity index (χ4n) is 6.25. The lowest BCUT2D eigenvalue weighted by Crippen LogP contribution is -2.52. The van der Waals surface area contributed by atoms with Crippen molar-refractivity contribution < 1.29 is 9.15 Å². The van der Waals surface area contributed by atoms with Gasteiger partial charge in [-0.05, 0) is 69.5 Å². The van der Waals surface area contributed by atoms with Gasteiger partial charge < -0.3 is 9.15 Å². The number of hydrogen-bond donors (Lipinski definition) is 0. The highest BCUT2D eigenvalue weighted by Crippen LogP contribution is 2.62. The minimum absolute atomic E-state index is 0.0135. The van der Waals surface area contributed by atoms with E-state index in [-0.39, 0.29) is 22.0 Å². The Balaban J connectivity index is 1.50. The van der Waals surface area contributed by atoms with E-state index in [1.165, 1.54) is 5.57 Å². The van der Waals surface area contributed by atoms with Gasteiger partial charge >= 0.3 is 0 Å². The molecule has 4 nitrogen and oxygen atoms in total. The summed E-state index contributed by atoms with van der Waals surface area (Å²) in [5.41, 5.74) is 4.05. The van der Waals surface area contributed by atoms with E-state index < -0.39 is 5.60 Å². The predicted molar refractivity (Wildman–Crippen MR) is 142 cm³/mol. The van der Waals surface area contributed by atoms with Crippen LogP contribution in [0.3, 0.4) is 0 Å². The lowest BCUT2D eigenvalue weighted by molar-refractivity contribution is -0.0183. The van der Waals surface area contributed by atoms with Crippen molar-refractivity contribution in [2.24, 2.45) is 5.92 Å². The molecule has 35 heavy (non-hydrogen) atoms. The van der Waals surface area contributed by atoms with Crippen molar-refractivity contribution in [3.63, 3.8) is 0 Å². The van der Waals surface area contributed by atoms with E-state index in [2.05, 4.69) is 32.9 Å². The third-order valence-corrected chi connectivity index (χ3v) is 9.69.